The zero-order chi connectivity index (χ0) is 23.5. The summed E-state index contributed by atoms with van der Waals surface area (Å²) in [6.45, 7) is 1.74. The van der Waals surface area contributed by atoms with Crippen LogP contribution >= 0.6 is 0 Å². The Balaban J connectivity index is 1.38. The van der Waals surface area contributed by atoms with Gasteiger partial charge in [-0.25, -0.2) is 9.07 Å². The average molecular weight is 465 g/mol. The zero-order valence-corrected chi connectivity index (χ0v) is 19.7. The number of piperidine rings is 1. The third-order valence-corrected chi connectivity index (χ3v) is 7.48. The summed E-state index contributed by atoms with van der Waals surface area (Å²) in [5, 5.41) is 19.9. The Kier molecular flexibility index (Phi) is 6.92. The molecule has 1 saturated heterocycles. The van der Waals surface area contributed by atoms with Gasteiger partial charge in [-0.2, -0.15) is 0 Å². The predicted molar refractivity (Wildman–Crippen MR) is 129 cm³/mol. The molecule has 2 heterocycles. The van der Waals surface area contributed by atoms with Crippen LogP contribution in [0.3, 0.4) is 0 Å². The van der Waals surface area contributed by atoms with Gasteiger partial charge in [-0.15, -0.1) is 5.10 Å². The van der Waals surface area contributed by atoms with Gasteiger partial charge in [0.15, 0.2) is 0 Å². The monoisotopic (exact) mass is 464 g/mol. The second kappa shape index (κ2) is 10.2. The summed E-state index contributed by atoms with van der Waals surface area (Å²) in [5.74, 6) is 1.26. The van der Waals surface area contributed by atoms with Crippen LogP contribution in [0, 0.1) is 11.7 Å². The van der Waals surface area contributed by atoms with Gasteiger partial charge in [-0.3, -0.25) is 4.90 Å². The maximum absolute atomic E-state index is 13.3. The summed E-state index contributed by atoms with van der Waals surface area (Å²) < 4.78 is 20.5. The zero-order valence-electron chi connectivity index (χ0n) is 19.7. The molecule has 1 aliphatic heterocycles. The number of aliphatic hydroxyl groups excluding tert-OH is 1. The lowest BCUT2D eigenvalue weighted by molar-refractivity contribution is -0.0154. The van der Waals surface area contributed by atoms with Crippen LogP contribution in [-0.2, 0) is 0 Å². The summed E-state index contributed by atoms with van der Waals surface area (Å²) in [5.41, 5.74) is 2.70. The molecule has 3 aromatic rings. The molecule has 7 heteroatoms. The van der Waals surface area contributed by atoms with E-state index in [1.807, 2.05) is 18.3 Å². The molecule has 2 fully saturated rings. The number of rotatable bonds is 6. The topological polar surface area (TPSA) is 63.4 Å². The van der Waals surface area contributed by atoms with E-state index in [9.17, 15) is 9.50 Å². The molecule has 0 unspecified atom stereocenters. The number of halogens is 1. The lowest BCUT2D eigenvalue weighted by Gasteiger charge is -2.44. The Labute approximate surface area is 200 Å². The molecule has 0 amide bonds. The van der Waals surface area contributed by atoms with Gasteiger partial charge >= 0.3 is 0 Å². The van der Waals surface area contributed by atoms with Crippen molar-refractivity contribution in [2.75, 3.05) is 20.2 Å². The van der Waals surface area contributed by atoms with Crippen LogP contribution in [0.1, 0.15) is 56.2 Å². The van der Waals surface area contributed by atoms with E-state index in [0.717, 1.165) is 17.9 Å². The number of nitrogens with zero attached hydrogens (tertiary/aromatic N) is 4. The molecule has 5 rings (SSSR count). The molecule has 6 nitrogen and oxygen atoms in total. The first-order valence-corrected chi connectivity index (χ1v) is 12.3. The standard InChI is InChI=1S/C27H33FN4O2/c1-34-23-13-9-21(10-14-23)25-15-27(33)26(18-31(25)16-19-5-3-2-4-6-19)32-17-24(29-30-32)20-7-11-22(28)12-8-20/h7-14,17,19,25-27,33H,2-6,15-16,18H2,1H3/t25-,26-,27-/m1/s1. The Hall–Kier alpha value is -2.77. The number of likely N-dealkylation sites (tertiary alicyclic amines) is 1. The molecule has 0 radical (unpaired) electrons. The molecule has 2 aliphatic rings. The first-order chi connectivity index (χ1) is 16.6. The molecule has 34 heavy (non-hydrogen) atoms. The van der Waals surface area contributed by atoms with E-state index in [-0.39, 0.29) is 17.9 Å². The molecule has 1 saturated carbocycles. The Morgan fingerprint density at radius 3 is 2.47 bits per heavy atom. The Morgan fingerprint density at radius 1 is 1.03 bits per heavy atom. The minimum absolute atomic E-state index is 0.152. The number of aromatic nitrogens is 3. The van der Waals surface area contributed by atoms with Crippen LogP contribution in [0.4, 0.5) is 4.39 Å². The molecule has 0 bridgehead atoms. The van der Waals surface area contributed by atoms with Gasteiger partial charge in [-0.05, 0) is 67.1 Å². The van der Waals surface area contributed by atoms with Crippen molar-refractivity contribution in [1.82, 2.24) is 19.9 Å². The number of benzene rings is 2. The van der Waals surface area contributed by atoms with Crippen LogP contribution in [0.15, 0.2) is 54.7 Å². The van der Waals surface area contributed by atoms with Crippen molar-refractivity contribution in [2.45, 2.75) is 56.7 Å². The van der Waals surface area contributed by atoms with Crippen molar-refractivity contribution < 1.29 is 14.2 Å². The number of aliphatic hydroxyl groups is 1. The quantitative estimate of drug-likeness (QED) is 0.555. The van der Waals surface area contributed by atoms with Crippen molar-refractivity contribution in [3.8, 4) is 17.0 Å². The van der Waals surface area contributed by atoms with Crippen molar-refractivity contribution in [2.24, 2.45) is 5.92 Å². The maximum atomic E-state index is 13.3. The minimum Gasteiger partial charge on any atom is -0.497 e. The first kappa shape index (κ1) is 23.0. The normalized spacial score (nSPS) is 24.3. The third-order valence-electron chi connectivity index (χ3n) is 7.48. The highest BCUT2D eigenvalue weighted by Gasteiger charge is 2.38. The highest BCUT2D eigenvalue weighted by atomic mass is 19.1. The van der Waals surface area contributed by atoms with E-state index >= 15 is 0 Å². The third kappa shape index (κ3) is 5.00. The van der Waals surface area contributed by atoms with E-state index < -0.39 is 6.10 Å². The minimum atomic E-state index is -0.544. The molecule has 2 aromatic carbocycles. The van der Waals surface area contributed by atoms with Gasteiger partial charge in [0.2, 0.25) is 0 Å². The first-order valence-electron chi connectivity index (χ1n) is 12.3. The largest absolute Gasteiger partial charge is 0.497 e. The summed E-state index contributed by atoms with van der Waals surface area (Å²) >= 11 is 0. The highest BCUT2D eigenvalue weighted by Crippen LogP contribution is 2.38. The number of ether oxygens (including phenoxy) is 1. The second-order valence-electron chi connectivity index (χ2n) is 9.71. The molecule has 180 valence electrons. The summed E-state index contributed by atoms with van der Waals surface area (Å²) in [4.78, 5) is 2.54. The number of hydrogen-bond donors (Lipinski definition) is 1. The van der Waals surface area contributed by atoms with Gasteiger partial charge in [0.1, 0.15) is 17.3 Å². The van der Waals surface area contributed by atoms with Crippen molar-refractivity contribution in [3.63, 3.8) is 0 Å². The molecule has 1 aromatic heterocycles. The fraction of sp³-hybridized carbons (Fsp3) is 0.481. The van der Waals surface area contributed by atoms with Gasteiger partial charge in [-0.1, -0.05) is 36.6 Å². The van der Waals surface area contributed by atoms with E-state index in [1.54, 1.807) is 23.9 Å². The van der Waals surface area contributed by atoms with E-state index in [0.29, 0.717) is 24.6 Å². The average Bonchev–Trinajstić information content (AvgIpc) is 3.36. The molecular weight excluding hydrogens is 431 g/mol. The van der Waals surface area contributed by atoms with Gasteiger partial charge < -0.3 is 9.84 Å². The molecular formula is C27H33FN4O2. The van der Waals surface area contributed by atoms with E-state index in [1.165, 1.54) is 49.8 Å². The fourth-order valence-electron chi connectivity index (χ4n) is 5.55. The van der Waals surface area contributed by atoms with Gasteiger partial charge in [0.05, 0.1) is 25.5 Å². The summed E-state index contributed by atoms with van der Waals surface area (Å²) in [6, 6.07) is 14.5. The SMILES string of the molecule is COc1ccc([C@H]2C[C@@H](O)[C@H](n3cc(-c4ccc(F)cc4)nn3)CN2CC2CCCCC2)cc1. The van der Waals surface area contributed by atoms with Crippen LogP contribution in [0.5, 0.6) is 5.75 Å². The van der Waals surface area contributed by atoms with Crippen LogP contribution < -0.4 is 4.74 Å². The van der Waals surface area contributed by atoms with E-state index in [4.69, 9.17) is 4.74 Å². The molecule has 1 aliphatic carbocycles. The Morgan fingerprint density at radius 2 is 1.76 bits per heavy atom. The highest BCUT2D eigenvalue weighted by molar-refractivity contribution is 5.57. The van der Waals surface area contributed by atoms with Crippen LogP contribution in [0.2, 0.25) is 0 Å². The lowest BCUT2D eigenvalue weighted by atomic mass is 9.85. The second-order valence-corrected chi connectivity index (χ2v) is 9.71. The van der Waals surface area contributed by atoms with Crippen molar-refractivity contribution >= 4 is 0 Å². The van der Waals surface area contributed by atoms with Crippen LogP contribution in [-0.4, -0.2) is 51.3 Å². The van der Waals surface area contributed by atoms with Crippen molar-refractivity contribution in [1.29, 1.82) is 0 Å². The smallest absolute Gasteiger partial charge is 0.123 e. The van der Waals surface area contributed by atoms with Gasteiger partial charge in [0, 0.05) is 24.7 Å². The van der Waals surface area contributed by atoms with Crippen molar-refractivity contribution in [3.05, 3.63) is 66.1 Å². The number of hydrogen-bond acceptors (Lipinski definition) is 5. The molecule has 1 N–H and O–H groups in total. The number of methoxy groups -OCH3 is 1. The summed E-state index contributed by atoms with van der Waals surface area (Å²) in [7, 11) is 1.68. The Bertz CT molecular complexity index is 1060. The van der Waals surface area contributed by atoms with Crippen LogP contribution in [0.25, 0.3) is 11.3 Å². The van der Waals surface area contributed by atoms with E-state index in [2.05, 4.69) is 27.3 Å². The summed E-state index contributed by atoms with van der Waals surface area (Å²) in [6.07, 6.45) is 8.46. The predicted octanol–water partition coefficient (Wildman–Crippen LogP) is 5.02. The maximum Gasteiger partial charge on any atom is 0.123 e. The fourth-order valence-corrected chi connectivity index (χ4v) is 5.55. The lowest BCUT2D eigenvalue weighted by Crippen LogP contribution is -2.47. The molecule has 0 spiro atoms. The molecule has 3 atom stereocenters. The van der Waals surface area contributed by atoms with Gasteiger partial charge in [0.25, 0.3) is 0 Å².